The van der Waals surface area contributed by atoms with Crippen LogP contribution < -0.4 is 11.1 Å². The van der Waals surface area contributed by atoms with Crippen molar-refractivity contribution in [2.24, 2.45) is 5.73 Å². The molecule has 0 bridgehead atoms. The minimum absolute atomic E-state index is 0.190. The van der Waals surface area contributed by atoms with Gasteiger partial charge >= 0.3 is 0 Å². The molecule has 1 aliphatic heterocycles. The molecule has 1 aliphatic carbocycles. The Morgan fingerprint density at radius 1 is 1.42 bits per heavy atom. The number of halogens is 1. The van der Waals surface area contributed by atoms with Crippen LogP contribution in [0, 0.1) is 5.82 Å². The highest BCUT2D eigenvalue weighted by atomic mass is 19.1. The van der Waals surface area contributed by atoms with E-state index >= 15 is 0 Å². The molecule has 0 amide bonds. The maximum Gasteiger partial charge on any atom is 0.146 e. The van der Waals surface area contributed by atoms with Gasteiger partial charge in [-0.05, 0) is 38.3 Å². The van der Waals surface area contributed by atoms with Gasteiger partial charge in [-0.2, -0.15) is 0 Å². The van der Waals surface area contributed by atoms with Crippen LogP contribution in [0.2, 0.25) is 0 Å². The summed E-state index contributed by atoms with van der Waals surface area (Å²) in [5.74, 6) is -0.201. The third kappa shape index (κ3) is 2.47. The monoisotopic (exact) mass is 263 g/mol. The van der Waals surface area contributed by atoms with E-state index in [0.29, 0.717) is 18.3 Å². The fraction of sp³-hybridized carbons (Fsp3) is 0.600. The van der Waals surface area contributed by atoms with Crippen LogP contribution in [0.15, 0.2) is 24.3 Å². The number of nitrogens with one attached hydrogen (secondary N) is 1. The maximum atomic E-state index is 13.8. The summed E-state index contributed by atoms with van der Waals surface area (Å²) in [6.07, 6.45) is 3.57. The molecule has 2 aliphatic rings. The van der Waals surface area contributed by atoms with E-state index in [0.717, 1.165) is 19.0 Å². The third-order valence-electron chi connectivity index (χ3n) is 4.42. The number of nitrogens with zero attached hydrogens (tertiary/aromatic N) is 1. The van der Waals surface area contributed by atoms with Crippen molar-refractivity contribution in [1.82, 2.24) is 4.90 Å². The van der Waals surface area contributed by atoms with Crippen LogP contribution in [0.5, 0.6) is 0 Å². The summed E-state index contributed by atoms with van der Waals surface area (Å²) in [5.41, 5.74) is 6.38. The summed E-state index contributed by atoms with van der Waals surface area (Å²) in [6.45, 7) is 3.71. The molecule has 3 rings (SSSR count). The average Bonchev–Trinajstić information content (AvgIpc) is 3.18. The van der Waals surface area contributed by atoms with E-state index < -0.39 is 0 Å². The van der Waals surface area contributed by atoms with Gasteiger partial charge < -0.3 is 11.1 Å². The molecule has 1 saturated carbocycles. The summed E-state index contributed by atoms with van der Waals surface area (Å²) in [6, 6.07) is 8.10. The van der Waals surface area contributed by atoms with Crippen molar-refractivity contribution in [3.63, 3.8) is 0 Å². The minimum Gasteiger partial charge on any atom is -0.375 e. The first-order valence-corrected chi connectivity index (χ1v) is 7.12. The van der Waals surface area contributed by atoms with Crippen LogP contribution in [0.4, 0.5) is 10.1 Å². The summed E-state index contributed by atoms with van der Waals surface area (Å²) in [7, 11) is 0. The van der Waals surface area contributed by atoms with Crippen molar-refractivity contribution in [3.8, 4) is 0 Å². The van der Waals surface area contributed by atoms with Gasteiger partial charge in [-0.15, -0.1) is 0 Å². The number of benzene rings is 1. The molecule has 1 aromatic rings. The number of nitrogens with two attached hydrogens (primary N) is 1. The van der Waals surface area contributed by atoms with Gasteiger partial charge in [0, 0.05) is 25.2 Å². The fourth-order valence-corrected chi connectivity index (χ4v) is 3.29. The largest absolute Gasteiger partial charge is 0.375 e. The number of hydrogen-bond donors (Lipinski definition) is 2. The Morgan fingerprint density at radius 3 is 2.79 bits per heavy atom. The lowest BCUT2D eigenvalue weighted by Gasteiger charge is -2.30. The molecule has 0 radical (unpaired) electrons. The normalized spacial score (nSPS) is 31.6. The number of para-hydroxylation sites is 1. The Bertz CT molecular complexity index is 460. The quantitative estimate of drug-likeness (QED) is 0.875. The topological polar surface area (TPSA) is 41.3 Å². The van der Waals surface area contributed by atoms with E-state index in [-0.39, 0.29) is 11.4 Å². The van der Waals surface area contributed by atoms with E-state index in [1.54, 1.807) is 12.1 Å². The summed E-state index contributed by atoms with van der Waals surface area (Å²) in [5, 5.41) is 3.37. The van der Waals surface area contributed by atoms with Gasteiger partial charge in [-0.1, -0.05) is 12.1 Å². The molecule has 0 aromatic heterocycles. The lowest BCUT2D eigenvalue weighted by molar-refractivity contribution is 0.252. The Labute approximate surface area is 114 Å². The smallest absolute Gasteiger partial charge is 0.146 e. The van der Waals surface area contributed by atoms with Crippen molar-refractivity contribution >= 4 is 5.69 Å². The number of anilines is 1. The second-order valence-corrected chi connectivity index (χ2v) is 6.05. The van der Waals surface area contributed by atoms with E-state index in [1.807, 2.05) is 6.07 Å². The zero-order chi connectivity index (χ0) is 13.5. The maximum absolute atomic E-state index is 13.8. The molecular formula is C15H22FN3. The molecular weight excluding hydrogens is 241 g/mol. The third-order valence-corrected chi connectivity index (χ3v) is 4.42. The molecule has 4 heteroatoms. The highest BCUT2D eigenvalue weighted by Gasteiger charge is 2.46. The average molecular weight is 263 g/mol. The second-order valence-electron chi connectivity index (χ2n) is 6.05. The molecule has 1 heterocycles. The lowest BCUT2D eigenvalue weighted by atomic mass is 9.96. The van der Waals surface area contributed by atoms with Crippen molar-refractivity contribution in [2.75, 3.05) is 18.4 Å². The summed E-state index contributed by atoms with van der Waals surface area (Å²) in [4.78, 5) is 2.53. The summed E-state index contributed by atoms with van der Waals surface area (Å²) < 4.78 is 13.8. The highest BCUT2D eigenvalue weighted by Crippen LogP contribution is 2.38. The highest BCUT2D eigenvalue weighted by molar-refractivity contribution is 5.47. The first kappa shape index (κ1) is 12.9. The number of hydrogen-bond acceptors (Lipinski definition) is 3. The van der Waals surface area contributed by atoms with Crippen molar-refractivity contribution in [1.29, 1.82) is 0 Å². The molecule has 2 atom stereocenters. The predicted molar refractivity (Wildman–Crippen MR) is 75.6 cm³/mol. The van der Waals surface area contributed by atoms with Gasteiger partial charge in [0.2, 0.25) is 0 Å². The molecule has 2 unspecified atom stereocenters. The molecule has 2 fully saturated rings. The fourth-order valence-electron chi connectivity index (χ4n) is 3.29. The van der Waals surface area contributed by atoms with Gasteiger partial charge in [0.15, 0.2) is 0 Å². The first-order chi connectivity index (χ1) is 9.13. The second kappa shape index (κ2) is 4.76. The van der Waals surface area contributed by atoms with Crippen molar-refractivity contribution in [3.05, 3.63) is 30.1 Å². The van der Waals surface area contributed by atoms with Gasteiger partial charge in [-0.3, -0.25) is 4.90 Å². The molecule has 0 spiro atoms. The SMILES string of the molecule is CC1CC(CN)(Nc2ccccc2F)CN1C1CC1. The zero-order valence-corrected chi connectivity index (χ0v) is 11.4. The molecule has 1 aromatic carbocycles. The van der Waals surface area contributed by atoms with Crippen molar-refractivity contribution < 1.29 is 4.39 Å². The van der Waals surface area contributed by atoms with E-state index in [4.69, 9.17) is 5.73 Å². The van der Waals surface area contributed by atoms with E-state index in [1.165, 1.54) is 18.9 Å². The van der Waals surface area contributed by atoms with Crippen LogP contribution >= 0.6 is 0 Å². The van der Waals surface area contributed by atoms with Crippen LogP contribution in [0.3, 0.4) is 0 Å². The zero-order valence-electron chi connectivity index (χ0n) is 11.4. The Balaban J connectivity index is 1.79. The van der Waals surface area contributed by atoms with Crippen molar-refractivity contribution in [2.45, 2.75) is 43.8 Å². The van der Waals surface area contributed by atoms with E-state index in [2.05, 4.69) is 17.1 Å². The Kier molecular flexibility index (Phi) is 3.23. The Hall–Kier alpha value is -1.13. The molecule has 1 saturated heterocycles. The molecule has 3 nitrogen and oxygen atoms in total. The van der Waals surface area contributed by atoms with Gasteiger partial charge in [-0.25, -0.2) is 4.39 Å². The molecule has 3 N–H and O–H groups in total. The predicted octanol–water partition coefficient (Wildman–Crippen LogP) is 2.19. The van der Waals surface area contributed by atoms with E-state index in [9.17, 15) is 4.39 Å². The van der Waals surface area contributed by atoms with Crippen LogP contribution in [-0.4, -0.2) is 35.6 Å². The molecule has 104 valence electrons. The van der Waals surface area contributed by atoms with Crippen LogP contribution in [0.1, 0.15) is 26.2 Å². The van der Waals surface area contributed by atoms with Crippen LogP contribution in [0.25, 0.3) is 0 Å². The van der Waals surface area contributed by atoms with Gasteiger partial charge in [0.1, 0.15) is 5.82 Å². The molecule has 19 heavy (non-hydrogen) atoms. The number of rotatable bonds is 4. The minimum atomic E-state index is -0.201. The van der Waals surface area contributed by atoms with Gasteiger partial charge in [0.05, 0.1) is 11.2 Å². The lowest BCUT2D eigenvalue weighted by Crippen LogP contribution is -2.48. The standard InChI is InChI=1S/C15H22FN3/c1-11-8-15(9-17,10-19(11)12-6-7-12)18-14-5-3-2-4-13(14)16/h2-5,11-12,18H,6-10,17H2,1H3. The Morgan fingerprint density at radius 2 is 2.16 bits per heavy atom. The van der Waals surface area contributed by atoms with Crippen LogP contribution in [-0.2, 0) is 0 Å². The first-order valence-electron chi connectivity index (χ1n) is 7.12. The van der Waals surface area contributed by atoms with Gasteiger partial charge in [0.25, 0.3) is 0 Å². The number of likely N-dealkylation sites (tertiary alicyclic amines) is 1. The summed E-state index contributed by atoms with van der Waals surface area (Å²) >= 11 is 0.